The van der Waals surface area contributed by atoms with Gasteiger partial charge in [0.15, 0.2) is 5.58 Å². The molecule has 1 aromatic heterocycles. The summed E-state index contributed by atoms with van der Waals surface area (Å²) in [7, 11) is 0. The summed E-state index contributed by atoms with van der Waals surface area (Å²) < 4.78 is 11.7. The van der Waals surface area contributed by atoms with Crippen molar-refractivity contribution < 1.29 is 14.3 Å². The van der Waals surface area contributed by atoms with Gasteiger partial charge in [-0.1, -0.05) is 23.7 Å². The van der Waals surface area contributed by atoms with Gasteiger partial charge >= 0.3 is 0 Å². The molecule has 1 N–H and O–H groups in total. The quantitative estimate of drug-likeness (QED) is 0.509. The van der Waals surface area contributed by atoms with Crippen molar-refractivity contribution in [1.82, 2.24) is 4.98 Å². The number of aliphatic hydroxyl groups excluding tert-OH is 1. The Morgan fingerprint density at radius 3 is 2.38 bits per heavy atom. The number of halogens is 1. The molecule has 26 heavy (non-hydrogen) atoms. The first-order valence-corrected chi connectivity index (χ1v) is 8.63. The van der Waals surface area contributed by atoms with Gasteiger partial charge in [-0.3, -0.25) is 0 Å². The Balaban J connectivity index is 1.60. The summed E-state index contributed by atoms with van der Waals surface area (Å²) in [6.07, 6.45) is 0.638. The van der Waals surface area contributed by atoms with Crippen molar-refractivity contribution in [1.29, 1.82) is 0 Å². The monoisotopic (exact) mass is 365 g/mol. The highest BCUT2D eigenvalue weighted by molar-refractivity contribution is 6.30. The lowest BCUT2D eigenvalue weighted by Crippen LogP contribution is -1.89. The molecule has 0 aliphatic carbocycles. The maximum atomic E-state index is 9.00. The second-order valence-electron chi connectivity index (χ2n) is 5.88. The summed E-state index contributed by atoms with van der Waals surface area (Å²) in [5, 5.41) is 9.66. The Morgan fingerprint density at radius 2 is 1.65 bits per heavy atom. The second kappa shape index (κ2) is 7.20. The molecule has 5 heteroatoms. The van der Waals surface area contributed by atoms with Crippen LogP contribution in [-0.4, -0.2) is 16.7 Å². The normalized spacial score (nSPS) is 11.0. The minimum absolute atomic E-state index is 0.138. The standard InChI is InChI=1S/C21H16ClNO3/c22-16-5-7-17(8-6-16)25-18-9-10-20-19(13-18)23-21(26-20)15-3-1-14(2-4-15)11-12-24/h1-10,13,24H,11-12H2. The van der Waals surface area contributed by atoms with Gasteiger partial charge < -0.3 is 14.3 Å². The molecule has 0 spiro atoms. The minimum atomic E-state index is 0.138. The first kappa shape index (κ1) is 16.6. The van der Waals surface area contributed by atoms with Crippen LogP contribution in [0.2, 0.25) is 5.02 Å². The van der Waals surface area contributed by atoms with E-state index in [1.807, 2.05) is 54.6 Å². The number of ether oxygens (including phenoxy) is 1. The molecule has 0 unspecified atom stereocenters. The summed E-state index contributed by atoms with van der Waals surface area (Å²) in [5.41, 5.74) is 3.39. The van der Waals surface area contributed by atoms with Crippen molar-refractivity contribution >= 4 is 22.7 Å². The lowest BCUT2D eigenvalue weighted by Gasteiger charge is -2.04. The lowest BCUT2D eigenvalue weighted by atomic mass is 10.1. The van der Waals surface area contributed by atoms with Gasteiger partial charge in [0.05, 0.1) is 0 Å². The molecule has 130 valence electrons. The molecule has 4 aromatic rings. The van der Waals surface area contributed by atoms with Crippen LogP contribution in [-0.2, 0) is 6.42 Å². The highest BCUT2D eigenvalue weighted by Gasteiger charge is 2.10. The molecule has 4 rings (SSSR count). The summed E-state index contributed by atoms with van der Waals surface area (Å²) in [5.74, 6) is 1.94. The fraction of sp³-hybridized carbons (Fsp3) is 0.0952. The van der Waals surface area contributed by atoms with E-state index in [2.05, 4.69) is 4.98 Å². The largest absolute Gasteiger partial charge is 0.457 e. The zero-order valence-electron chi connectivity index (χ0n) is 13.9. The summed E-state index contributed by atoms with van der Waals surface area (Å²) in [6, 6.07) is 20.6. The SMILES string of the molecule is OCCc1ccc(-c2nc3cc(Oc4ccc(Cl)cc4)ccc3o2)cc1. The first-order chi connectivity index (χ1) is 12.7. The Hall–Kier alpha value is -2.82. The van der Waals surface area contributed by atoms with Gasteiger partial charge in [-0.2, -0.15) is 0 Å². The van der Waals surface area contributed by atoms with Gasteiger partial charge in [0.25, 0.3) is 0 Å². The smallest absolute Gasteiger partial charge is 0.227 e. The minimum Gasteiger partial charge on any atom is -0.457 e. The average Bonchev–Trinajstić information content (AvgIpc) is 3.08. The van der Waals surface area contributed by atoms with E-state index in [0.717, 1.165) is 16.6 Å². The summed E-state index contributed by atoms with van der Waals surface area (Å²) in [6.45, 7) is 0.138. The summed E-state index contributed by atoms with van der Waals surface area (Å²) >= 11 is 5.89. The number of fused-ring (bicyclic) bond motifs is 1. The van der Waals surface area contributed by atoms with Crippen LogP contribution in [0.1, 0.15) is 5.56 Å². The van der Waals surface area contributed by atoms with Crippen molar-refractivity contribution in [2.45, 2.75) is 6.42 Å². The molecule has 0 bridgehead atoms. The number of nitrogens with zero attached hydrogens (tertiary/aromatic N) is 1. The van der Waals surface area contributed by atoms with Crippen molar-refractivity contribution in [2.75, 3.05) is 6.61 Å². The highest BCUT2D eigenvalue weighted by atomic mass is 35.5. The fourth-order valence-electron chi connectivity index (χ4n) is 2.68. The van der Waals surface area contributed by atoms with E-state index in [1.165, 1.54) is 0 Å². The van der Waals surface area contributed by atoms with E-state index >= 15 is 0 Å². The number of hydrogen-bond donors (Lipinski definition) is 1. The van der Waals surface area contributed by atoms with Crippen LogP contribution >= 0.6 is 11.6 Å². The van der Waals surface area contributed by atoms with Crippen LogP contribution in [0.15, 0.2) is 71.1 Å². The van der Waals surface area contributed by atoms with E-state index in [-0.39, 0.29) is 6.61 Å². The molecule has 0 atom stereocenters. The Kier molecular flexibility index (Phi) is 4.61. The van der Waals surface area contributed by atoms with Gasteiger partial charge in [0, 0.05) is 23.3 Å². The van der Waals surface area contributed by atoms with Crippen LogP contribution in [0.3, 0.4) is 0 Å². The van der Waals surface area contributed by atoms with Crippen LogP contribution in [0.4, 0.5) is 0 Å². The van der Waals surface area contributed by atoms with E-state index in [1.54, 1.807) is 12.1 Å². The molecule has 0 radical (unpaired) electrons. The molecule has 0 saturated heterocycles. The van der Waals surface area contributed by atoms with E-state index in [0.29, 0.717) is 34.4 Å². The number of aromatic nitrogens is 1. The van der Waals surface area contributed by atoms with Crippen LogP contribution < -0.4 is 4.74 Å². The molecule has 0 saturated carbocycles. The predicted molar refractivity (Wildman–Crippen MR) is 102 cm³/mol. The molecule has 4 nitrogen and oxygen atoms in total. The zero-order valence-corrected chi connectivity index (χ0v) is 14.6. The number of benzene rings is 3. The molecule has 3 aromatic carbocycles. The topological polar surface area (TPSA) is 55.5 Å². The van der Waals surface area contributed by atoms with Crippen LogP contribution in [0, 0.1) is 0 Å². The fourth-order valence-corrected chi connectivity index (χ4v) is 2.80. The lowest BCUT2D eigenvalue weighted by molar-refractivity contribution is 0.299. The maximum Gasteiger partial charge on any atom is 0.227 e. The average molecular weight is 366 g/mol. The van der Waals surface area contributed by atoms with E-state index < -0.39 is 0 Å². The van der Waals surface area contributed by atoms with E-state index in [9.17, 15) is 0 Å². The van der Waals surface area contributed by atoms with Crippen LogP contribution in [0.5, 0.6) is 11.5 Å². The number of aliphatic hydroxyl groups is 1. The van der Waals surface area contributed by atoms with Gasteiger partial charge in [-0.15, -0.1) is 0 Å². The number of hydrogen-bond acceptors (Lipinski definition) is 4. The molecule has 0 aliphatic heterocycles. The summed E-state index contributed by atoms with van der Waals surface area (Å²) in [4.78, 5) is 4.56. The molecular weight excluding hydrogens is 350 g/mol. The van der Waals surface area contributed by atoms with Crippen molar-refractivity contribution in [3.8, 4) is 23.0 Å². The molecular formula is C21H16ClNO3. The predicted octanol–water partition coefficient (Wildman–Crippen LogP) is 5.48. The third-order valence-electron chi connectivity index (χ3n) is 4.01. The Labute approximate surface area is 155 Å². The molecule has 1 heterocycles. The van der Waals surface area contributed by atoms with E-state index in [4.69, 9.17) is 25.9 Å². The van der Waals surface area contributed by atoms with Gasteiger partial charge in [0.1, 0.15) is 17.0 Å². The van der Waals surface area contributed by atoms with Crippen molar-refractivity contribution in [2.24, 2.45) is 0 Å². The number of oxazole rings is 1. The third-order valence-corrected chi connectivity index (χ3v) is 4.26. The number of rotatable bonds is 5. The maximum absolute atomic E-state index is 9.00. The highest BCUT2D eigenvalue weighted by Crippen LogP contribution is 2.29. The van der Waals surface area contributed by atoms with Crippen molar-refractivity contribution in [3.63, 3.8) is 0 Å². The van der Waals surface area contributed by atoms with Gasteiger partial charge in [-0.05, 0) is 60.5 Å². The van der Waals surface area contributed by atoms with Gasteiger partial charge in [0.2, 0.25) is 5.89 Å². The molecule has 0 fully saturated rings. The zero-order chi connectivity index (χ0) is 17.9. The second-order valence-corrected chi connectivity index (χ2v) is 6.31. The van der Waals surface area contributed by atoms with Gasteiger partial charge in [-0.25, -0.2) is 4.98 Å². The third kappa shape index (κ3) is 3.57. The molecule has 0 amide bonds. The molecule has 0 aliphatic rings. The first-order valence-electron chi connectivity index (χ1n) is 8.25. The Bertz CT molecular complexity index is 1020. The van der Waals surface area contributed by atoms with Crippen molar-refractivity contribution in [3.05, 3.63) is 77.3 Å². The Morgan fingerprint density at radius 1 is 0.923 bits per heavy atom. The van der Waals surface area contributed by atoms with Crippen LogP contribution in [0.25, 0.3) is 22.6 Å².